The monoisotopic (exact) mass is 268 g/mol. The third-order valence-electron chi connectivity index (χ3n) is 3.25. The quantitative estimate of drug-likeness (QED) is 0.647. The van der Waals surface area contributed by atoms with E-state index in [2.05, 4.69) is 17.0 Å². The molecule has 0 atom stereocenters. The van der Waals surface area contributed by atoms with Gasteiger partial charge >= 0.3 is 0 Å². The highest BCUT2D eigenvalue weighted by atomic mass is 16.1. The normalized spacial score (nSPS) is 10.7. The second kappa shape index (κ2) is 6.87. The first-order valence-electron chi connectivity index (χ1n) is 6.76. The molecule has 0 saturated heterocycles. The van der Waals surface area contributed by atoms with Crippen LogP contribution in [0, 0.1) is 0 Å². The molecule has 2 aromatic rings. The molecule has 0 bridgehead atoms. The number of hydrogen-bond donors (Lipinski definition) is 1. The minimum absolute atomic E-state index is 0.157. The van der Waals surface area contributed by atoms with Gasteiger partial charge in [-0.15, -0.1) is 0 Å². The third kappa shape index (κ3) is 4.21. The molecule has 0 heterocycles. The molecule has 2 rings (SSSR count). The fourth-order valence-corrected chi connectivity index (χ4v) is 2.08. The standard InChI is InChI=1S/C17H20N2O/c1-19(13-14-5-3-2-4-6-14)12-11-17(20)15-7-9-16(18)10-8-15/h2-10H,11-13,18H2,1H3. The highest BCUT2D eigenvalue weighted by Crippen LogP contribution is 2.09. The Balaban J connectivity index is 1.82. The van der Waals surface area contributed by atoms with Crippen molar-refractivity contribution in [3.05, 3.63) is 65.7 Å². The Hall–Kier alpha value is -2.13. The number of hydrogen-bond acceptors (Lipinski definition) is 3. The molecule has 0 aromatic heterocycles. The lowest BCUT2D eigenvalue weighted by Gasteiger charge is -2.16. The molecule has 20 heavy (non-hydrogen) atoms. The van der Waals surface area contributed by atoms with E-state index in [0.29, 0.717) is 12.1 Å². The molecule has 0 radical (unpaired) electrons. The highest BCUT2D eigenvalue weighted by Gasteiger charge is 2.07. The maximum Gasteiger partial charge on any atom is 0.164 e. The number of carbonyl (C=O) groups excluding carboxylic acids is 1. The summed E-state index contributed by atoms with van der Waals surface area (Å²) in [7, 11) is 2.03. The summed E-state index contributed by atoms with van der Waals surface area (Å²) >= 11 is 0. The van der Waals surface area contributed by atoms with Crippen LogP contribution in [0.2, 0.25) is 0 Å². The van der Waals surface area contributed by atoms with Crippen LogP contribution in [-0.2, 0) is 6.54 Å². The van der Waals surface area contributed by atoms with Gasteiger partial charge in [0.2, 0.25) is 0 Å². The van der Waals surface area contributed by atoms with E-state index in [0.717, 1.165) is 18.7 Å². The Labute approximate surface area is 120 Å². The Kier molecular flexibility index (Phi) is 4.91. The number of Topliss-reactive ketones (excluding diaryl/α,β-unsaturated/α-hetero) is 1. The average molecular weight is 268 g/mol. The van der Waals surface area contributed by atoms with Crippen LogP contribution in [0.5, 0.6) is 0 Å². The first-order chi connectivity index (χ1) is 9.65. The summed E-state index contributed by atoms with van der Waals surface area (Å²) in [6, 6.07) is 17.4. The van der Waals surface area contributed by atoms with Crippen molar-refractivity contribution in [3.8, 4) is 0 Å². The number of nitrogen functional groups attached to an aromatic ring is 1. The van der Waals surface area contributed by atoms with E-state index in [9.17, 15) is 4.79 Å². The van der Waals surface area contributed by atoms with Crippen LogP contribution in [0.4, 0.5) is 5.69 Å². The van der Waals surface area contributed by atoms with E-state index in [1.54, 1.807) is 24.3 Å². The zero-order valence-electron chi connectivity index (χ0n) is 11.8. The van der Waals surface area contributed by atoms with Gasteiger partial charge in [0.15, 0.2) is 5.78 Å². The maximum atomic E-state index is 12.0. The van der Waals surface area contributed by atoms with Crippen LogP contribution >= 0.6 is 0 Å². The molecule has 2 N–H and O–H groups in total. The Morgan fingerprint density at radius 2 is 1.70 bits per heavy atom. The number of nitrogens with two attached hydrogens (primary N) is 1. The Bertz CT molecular complexity index is 549. The van der Waals surface area contributed by atoms with E-state index >= 15 is 0 Å². The van der Waals surface area contributed by atoms with Gasteiger partial charge in [0.25, 0.3) is 0 Å². The van der Waals surface area contributed by atoms with Gasteiger partial charge in [-0.1, -0.05) is 30.3 Å². The van der Waals surface area contributed by atoms with Gasteiger partial charge in [-0.25, -0.2) is 0 Å². The summed E-state index contributed by atoms with van der Waals surface area (Å²) < 4.78 is 0. The first-order valence-corrected chi connectivity index (χ1v) is 6.76. The van der Waals surface area contributed by atoms with Crippen molar-refractivity contribution in [2.45, 2.75) is 13.0 Å². The minimum Gasteiger partial charge on any atom is -0.399 e. The molecule has 0 aliphatic carbocycles. The first kappa shape index (κ1) is 14.3. The average Bonchev–Trinajstić information content (AvgIpc) is 2.46. The van der Waals surface area contributed by atoms with Crippen molar-refractivity contribution in [1.82, 2.24) is 4.90 Å². The maximum absolute atomic E-state index is 12.0. The van der Waals surface area contributed by atoms with Gasteiger partial charge in [0, 0.05) is 30.8 Å². The number of benzene rings is 2. The molecule has 0 amide bonds. The van der Waals surface area contributed by atoms with Crippen LogP contribution in [0.3, 0.4) is 0 Å². The summed E-state index contributed by atoms with van der Waals surface area (Å²) in [4.78, 5) is 14.2. The van der Waals surface area contributed by atoms with Crippen molar-refractivity contribution in [2.24, 2.45) is 0 Å². The lowest BCUT2D eigenvalue weighted by atomic mass is 10.1. The van der Waals surface area contributed by atoms with E-state index < -0.39 is 0 Å². The second-order valence-corrected chi connectivity index (χ2v) is 5.02. The summed E-state index contributed by atoms with van der Waals surface area (Å²) in [5, 5.41) is 0. The molecular formula is C17H20N2O. The minimum atomic E-state index is 0.157. The SMILES string of the molecule is CN(CCC(=O)c1ccc(N)cc1)Cc1ccccc1. The van der Waals surface area contributed by atoms with E-state index in [-0.39, 0.29) is 5.78 Å². The smallest absolute Gasteiger partial charge is 0.164 e. The molecule has 0 fully saturated rings. The van der Waals surface area contributed by atoms with Crippen molar-refractivity contribution in [2.75, 3.05) is 19.3 Å². The van der Waals surface area contributed by atoms with Crippen molar-refractivity contribution in [1.29, 1.82) is 0 Å². The predicted molar refractivity (Wildman–Crippen MR) is 82.6 cm³/mol. The van der Waals surface area contributed by atoms with Gasteiger partial charge < -0.3 is 10.6 Å². The number of ketones is 1. The van der Waals surface area contributed by atoms with Gasteiger partial charge in [-0.05, 0) is 36.9 Å². The molecule has 104 valence electrons. The van der Waals surface area contributed by atoms with Crippen LogP contribution in [0.15, 0.2) is 54.6 Å². The van der Waals surface area contributed by atoms with Gasteiger partial charge in [-0.3, -0.25) is 4.79 Å². The number of anilines is 1. The Morgan fingerprint density at radius 3 is 2.35 bits per heavy atom. The number of carbonyl (C=O) groups is 1. The molecule has 2 aromatic carbocycles. The van der Waals surface area contributed by atoms with E-state index in [1.807, 2.05) is 25.2 Å². The third-order valence-corrected chi connectivity index (χ3v) is 3.25. The number of nitrogens with zero attached hydrogens (tertiary/aromatic N) is 1. The summed E-state index contributed by atoms with van der Waals surface area (Å²) in [5.74, 6) is 0.157. The van der Waals surface area contributed by atoms with Crippen LogP contribution < -0.4 is 5.73 Å². The molecular weight excluding hydrogens is 248 g/mol. The highest BCUT2D eigenvalue weighted by molar-refractivity contribution is 5.96. The molecule has 0 aliphatic heterocycles. The predicted octanol–water partition coefficient (Wildman–Crippen LogP) is 2.97. The van der Waals surface area contributed by atoms with Crippen molar-refractivity contribution in [3.63, 3.8) is 0 Å². The van der Waals surface area contributed by atoms with Crippen LogP contribution in [-0.4, -0.2) is 24.3 Å². The lowest BCUT2D eigenvalue weighted by Crippen LogP contribution is -2.21. The molecule has 0 aliphatic rings. The molecule has 3 heteroatoms. The summed E-state index contributed by atoms with van der Waals surface area (Å²) in [6.07, 6.45) is 0.521. The van der Waals surface area contributed by atoms with Gasteiger partial charge in [0.1, 0.15) is 0 Å². The lowest BCUT2D eigenvalue weighted by molar-refractivity contribution is 0.0968. The molecule has 0 unspecified atom stereocenters. The van der Waals surface area contributed by atoms with Crippen LogP contribution in [0.1, 0.15) is 22.3 Å². The van der Waals surface area contributed by atoms with Gasteiger partial charge in [-0.2, -0.15) is 0 Å². The van der Waals surface area contributed by atoms with Crippen molar-refractivity contribution < 1.29 is 4.79 Å². The topological polar surface area (TPSA) is 46.3 Å². The second-order valence-electron chi connectivity index (χ2n) is 5.02. The zero-order valence-corrected chi connectivity index (χ0v) is 11.8. The molecule has 0 saturated carbocycles. The van der Waals surface area contributed by atoms with Crippen molar-refractivity contribution >= 4 is 11.5 Å². The zero-order chi connectivity index (χ0) is 14.4. The Morgan fingerprint density at radius 1 is 1.05 bits per heavy atom. The fraction of sp³-hybridized carbons (Fsp3) is 0.235. The van der Waals surface area contributed by atoms with E-state index in [1.165, 1.54) is 5.56 Å². The van der Waals surface area contributed by atoms with E-state index in [4.69, 9.17) is 5.73 Å². The summed E-state index contributed by atoms with van der Waals surface area (Å²) in [6.45, 7) is 1.61. The van der Waals surface area contributed by atoms with Crippen LogP contribution in [0.25, 0.3) is 0 Å². The fourth-order valence-electron chi connectivity index (χ4n) is 2.08. The largest absolute Gasteiger partial charge is 0.399 e. The number of rotatable bonds is 6. The summed E-state index contributed by atoms with van der Waals surface area (Å²) in [5.41, 5.74) is 8.29. The van der Waals surface area contributed by atoms with Gasteiger partial charge in [0.05, 0.1) is 0 Å². The molecule has 0 spiro atoms. The molecule has 3 nitrogen and oxygen atoms in total.